The van der Waals surface area contributed by atoms with Gasteiger partial charge in [0.25, 0.3) is 0 Å². The molecule has 118 valence electrons. The van der Waals surface area contributed by atoms with Gasteiger partial charge in [-0.1, -0.05) is 30.1 Å². The third-order valence-corrected chi connectivity index (χ3v) is 4.48. The van der Waals surface area contributed by atoms with E-state index in [1.807, 2.05) is 10.6 Å². The number of carboxylic acids is 1. The number of carboxylic acid groups (broad SMARTS) is 1. The maximum absolute atomic E-state index is 11.2. The number of fused-ring (bicyclic) bond motifs is 1. The predicted molar refractivity (Wildman–Crippen MR) is 85.4 cm³/mol. The Balaban J connectivity index is 1.80. The Morgan fingerprint density at radius 1 is 1.41 bits per heavy atom. The lowest BCUT2D eigenvalue weighted by Gasteiger charge is -2.34. The molecule has 2 unspecified atom stereocenters. The van der Waals surface area contributed by atoms with Crippen LogP contribution in [-0.2, 0) is 11.3 Å². The smallest absolute Gasteiger partial charge is 0.307 e. The van der Waals surface area contributed by atoms with Gasteiger partial charge in [-0.05, 0) is 18.4 Å². The van der Waals surface area contributed by atoms with Crippen molar-refractivity contribution in [2.24, 2.45) is 11.8 Å². The second-order valence-electron chi connectivity index (χ2n) is 6.04. The summed E-state index contributed by atoms with van der Waals surface area (Å²) in [6, 6.07) is 1.67. The van der Waals surface area contributed by atoms with E-state index in [-0.39, 0.29) is 5.92 Å². The number of likely N-dealkylation sites (tertiary alicyclic amines) is 1. The molecule has 2 atom stereocenters. The lowest BCUT2D eigenvalue weighted by molar-refractivity contribution is -0.144. The molecule has 0 saturated carbocycles. The normalized spacial score (nSPS) is 23.0. The van der Waals surface area contributed by atoms with E-state index in [9.17, 15) is 9.90 Å². The minimum atomic E-state index is -0.721. The average molecular weight is 342 g/mol. The van der Waals surface area contributed by atoms with Crippen LogP contribution in [0.1, 0.15) is 19.0 Å². The number of rotatable bonds is 3. The number of hydrogen-bond donors (Lipinski definition) is 1. The highest BCUT2D eigenvalue weighted by atomic mass is 35.5. The number of aromatic nitrogens is 2. The van der Waals surface area contributed by atoms with Crippen LogP contribution in [0.4, 0.5) is 0 Å². The van der Waals surface area contributed by atoms with Crippen molar-refractivity contribution in [1.82, 2.24) is 14.3 Å². The van der Waals surface area contributed by atoms with Gasteiger partial charge in [-0.15, -0.1) is 0 Å². The minimum absolute atomic E-state index is 0.307. The number of nitrogens with zero attached hydrogens (tertiary/aromatic N) is 3. The summed E-state index contributed by atoms with van der Waals surface area (Å²) in [5.74, 6) is -0.662. The van der Waals surface area contributed by atoms with Crippen LogP contribution in [0.3, 0.4) is 0 Å². The first-order valence-electron chi connectivity index (χ1n) is 7.20. The van der Waals surface area contributed by atoms with Gasteiger partial charge in [-0.2, -0.15) is 0 Å². The van der Waals surface area contributed by atoms with Crippen molar-refractivity contribution in [1.29, 1.82) is 0 Å². The maximum Gasteiger partial charge on any atom is 0.307 e. The number of imidazole rings is 1. The quantitative estimate of drug-likeness (QED) is 0.931. The van der Waals surface area contributed by atoms with E-state index in [2.05, 4.69) is 16.8 Å². The van der Waals surface area contributed by atoms with Gasteiger partial charge in [0.1, 0.15) is 0 Å². The van der Waals surface area contributed by atoms with Crippen molar-refractivity contribution < 1.29 is 9.90 Å². The van der Waals surface area contributed by atoms with Gasteiger partial charge in [0.15, 0.2) is 5.65 Å². The van der Waals surface area contributed by atoms with E-state index in [1.54, 1.807) is 12.3 Å². The van der Waals surface area contributed by atoms with Crippen molar-refractivity contribution in [2.45, 2.75) is 19.9 Å². The van der Waals surface area contributed by atoms with Crippen molar-refractivity contribution >= 4 is 34.8 Å². The fourth-order valence-electron chi connectivity index (χ4n) is 3.15. The molecule has 0 aliphatic carbocycles. The Bertz CT molecular complexity index is 716. The molecule has 7 heteroatoms. The molecule has 0 spiro atoms. The zero-order valence-corrected chi connectivity index (χ0v) is 13.7. The SMILES string of the molecule is CC1CC(C(=O)O)CN(Cc2cn3cc(Cl)cc(Cl)c3n2)C1. The lowest BCUT2D eigenvalue weighted by atomic mass is 9.90. The zero-order valence-electron chi connectivity index (χ0n) is 12.2. The maximum atomic E-state index is 11.2. The van der Waals surface area contributed by atoms with Crippen LogP contribution in [0.25, 0.3) is 5.65 Å². The molecule has 3 rings (SSSR count). The van der Waals surface area contributed by atoms with Crippen LogP contribution < -0.4 is 0 Å². The van der Waals surface area contributed by atoms with Crippen LogP contribution in [0.2, 0.25) is 10.0 Å². The van der Waals surface area contributed by atoms with E-state index >= 15 is 0 Å². The van der Waals surface area contributed by atoms with Crippen LogP contribution in [0.5, 0.6) is 0 Å². The topological polar surface area (TPSA) is 57.8 Å². The van der Waals surface area contributed by atoms with E-state index in [0.29, 0.717) is 34.7 Å². The molecule has 0 bridgehead atoms. The van der Waals surface area contributed by atoms with E-state index < -0.39 is 5.97 Å². The first kappa shape index (κ1) is 15.6. The number of piperidine rings is 1. The van der Waals surface area contributed by atoms with Crippen molar-refractivity contribution in [3.8, 4) is 0 Å². The highest BCUT2D eigenvalue weighted by molar-refractivity contribution is 6.36. The Morgan fingerprint density at radius 2 is 2.18 bits per heavy atom. The zero-order chi connectivity index (χ0) is 15.9. The fraction of sp³-hybridized carbons (Fsp3) is 0.467. The van der Waals surface area contributed by atoms with Gasteiger partial charge in [-0.3, -0.25) is 9.69 Å². The van der Waals surface area contributed by atoms with Gasteiger partial charge >= 0.3 is 5.97 Å². The van der Waals surface area contributed by atoms with E-state index in [4.69, 9.17) is 23.2 Å². The molecule has 5 nitrogen and oxygen atoms in total. The van der Waals surface area contributed by atoms with Gasteiger partial charge < -0.3 is 9.51 Å². The van der Waals surface area contributed by atoms with E-state index in [0.717, 1.165) is 18.7 Å². The summed E-state index contributed by atoms with van der Waals surface area (Å²) in [4.78, 5) is 17.9. The molecular formula is C15H17Cl2N3O2. The first-order chi connectivity index (χ1) is 10.4. The second-order valence-corrected chi connectivity index (χ2v) is 6.88. The largest absolute Gasteiger partial charge is 0.481 e. The van der Waals surface area contributed by atoms with Crippen molar-refractivity contribution in [3.63, 3.8) is 0 Å². The third kappa shape index (κ3) is 3.21. The third-order valence-electron chi connectivity index (χ3n) is 3.99. The summed E-state index contributed by atoms with van der Waals surface area (Å²) in [6.45, 7) is 4.14. The number of halogens is 2. The average Bonchev–Trinajstić information content (AvgIpc) is 2.80. The van der Waals surface area contributed by atoms with Crippen molar-refractivity contribution in [2.75, 3.05) is 13.1 Å². The number of aliphatic carboxylic acids is 1. The molecule has 1 aliphatic heterocycles. The second kappa shape index (κ2) is 6.07. The summed E-state index contributed by atoms with van der Waals surface area (Å²) in [5, 5.41) is 10.3. The highest BCUT2D eigenvalue weighted by Gasteiger charge is 2.29. The van der Waals surface area contributed by atoms with Gasteiger partial charge in [0.2, 0.25) is 0 Å². The predicted octanol–water partition coefficient (Wildman–Crippen LogP) is 3.18. The molecule has 1 fully saturated rings. The minimum Gasteiger partial charge on any atom is -0.481 e. The van der Waals surface area contributed by atoms with E-state index in [1.165, 1.54) is 0 Å². The lowest BCUT2D eigenvalue weighted by Crippen LogP contribution is -2.42. The number of hydrogen-bond acceptors (Lipinski definition) is 3. The summed E-state index contributed by atoms with van der Waals surface area (Å²) < 4.78 is 1.81. The van der Waals surface area contributed by atoms with Crippen LogP contribution in [-0.4, -0.2) is 38.4 Å². The molecule has 3 heterocycles. The Morgan fingerprint density at radius 3 is 2.91 bits per heavy atom. The molecule has 0 amide bonds. The summed E-state index contributed by atoms with van der Waals surface area (Å²) in [6.07, 6.45) is 4.39. The Kier molecular flexibility index (Phi) is 4.30. The molecule has 2 aromatic rings. The summed E-state index contributed by atoms with van der Waals surface area (Å²) >= 11 is 12.1. The number of carbonyl (C=O) groups is 1. The van der Waals surface area contributed by atoms with Crippen LogP contribution in [0.15, 0.2) is 18.5 Å². The highest BCUT2D eigenvalue weighted by Crippen LogP contribution is 2.25. The number of pyridine rings is 1. The molecule has 2 aromatic heterocycles. The Hall–Kier alpha value is -1.30. The standard InChI is InChI=1S/C15H17Cl2N3O2/c1-9-2-10(15(21)22)5-19(4-9)7-12-8-20-6-11(16)3-13(17)14(20)18-12/h3,6,8-10H,2,4-5,7H2,1H3,(H,21,22). The molecule has 1 N–H and O–H groups in total. The fourth-order valence-corrected chi connectivity index (χ4v) is 3.68. The van der Waals surface area contributed by atoms with Gasteiger partial charge in [0, 0.05) is 32.0 Å². The van der Waals surface area contributed by atoms with Gasteiger partial charge in [-0.25, -0.2) is 4.98 Å². The molecule has 0 radical (unpaired) electrons. The Labute approximate surface area is 138 Å². The van der Waals surface area contributed by atoms with Crippen molar-refractivity contribution in [3.05, 3.63) is 34.2 Å². The molecule has 22 heavy (non-hydrogen) atoms. The molecule has 1 aliphatic rings. The summed E-state index contributed by atoms with van der Waals surface area (Å²) in [5.41, 5.74) is 1.53. The molecular weight excluding hydrogens is 325 g/mol. The monoisotopic (exact) mass is 341 g/mol. The molecule has 1 saturated heterocycles. The van der Waals surface area contributed by atoms with Crippen LogP contribution >= 0.6 is 23.2 Å². The van der Waals surface area contributed by atoms with Crippen LogP contribution in [0, 0.1) is 11.8 Å². The molecule has 0 aromatic carbocycles. The summed E-state index contributed by atoms with van der Waals surface area (Å²) in [7, 11) is 0. The van der Waals surface area contributed by atoms with Gasteiger partial charge in [0.05, 0.1) is 21.7 Å². The first-order valence-corrected chi connectivity index (χ1v) is 7.95.